The summed E-state index contributed by atoms with van der Waals surface area (Å²) in [6, 6.07) is 16.7. The maximum absolute atomic E-state index is 12.2. The molecule has 0 saturated carbocycles. The Hall–Kier alpha value is -3.06. The molecule has 0 aliphatic carbocycles. The first kappa shape index (κ1) is 18.7. The van der Waals surface area contributed by atoms with Crippen LogP contribution in [-0.2, 0) is 9.59 Å². The van der Waals surface area contributed by atoms with Crippen LogP contribution in [0.1, 0.15) is 12.8 Å². The van der Waals surface area contributed by atoms with Crippen molar-refractivity contribution in [2.75, 3.05) is 25.0 Å². The van der Waals surface area contributed by atoms with Crippen LogP contribution in [0.2, 0.25) is 0 Å². The number of carbonyl (C=O) groups is 2. The molecule has 1 fully saturated rings. The molecule has 2 amide bonds. The third-order valence-corrected chi connectivity index (χ3v) is 4.46. The molecule has 1 heterocycles. The number of azo groups is 1. The molecule has 27 heavy (non-hydrogen) atoms. The molecule has 0 spiro atoms. The van der Waals surface area contributed by atoms with E-state index in [2.05, 4.69) is 15.5 Å². The zero-order chi connectivity index (χ0) is 19.1. The van der Waals surface area contributed by atoms with Gasteiger partial charge < -0.3 is 11.1 Å². The van der Waals surface area contributed by atoms with Crippen molar-refractivity contribution in [3.63, 3.8) is 0 Å². The molecule has 2 aromatic carbocycles. The predicted octanol–water partition coefficient (Wildman–Crippen LogP) is 3.24. The van der Waals surface area contributed by atoms with Gasteiger partial charge in [0, 0.05) is 12.2 Å². The minimum absolute atomic E-state index is 0.112. The average molecular weight is 365 g/mol. The SMILES string of the molecule is NC(=O)[C@H]1CCCN(CC(=O)Nc2ccc(N=Nc3ccccc3)cc2)C1. The van der Waals surface area contributed by atoms with Gasteiger partial charge >= 0.3 is 0 Å². The molecule has 1 saturated heterocycles. The molecular formula is C20H23N5O2. The first-order valence-corrected chi connectivity index (χ1v) is 8.98. The predicted molar refractivity (Wildman–Crippen MR) is 104 cm³/mol. The standard InChI is InChI=1S/C20H23N5O2/c21-20(27)15-5-4-12-25(13-15)14-19(26)22-16-8-10-18(11-9-16)24-23-17-6-2-1-3-7-17/h1-3,6-11,15H,4-5,12-14H2,(H2,21,27)(H,22,26)/t15-/m0/s1. The monoisotopic (exact) mass is 365 g/mol. The first-order valence-electron chi connectivity index (χ1n) is 8.98. The van der Waals surface area contributed by atoms with Gasteiger partial charge in [-0.15, -0.1) is 0 Å². The number of benzene rings is 2. The van der Waals surface area contributed by atoms with Crippen LogP contribution in [0.5, 0.6) is 0 Å². The lowest BCUT2D eigenvalue weighted by Gasteiger charge is -2.30. The van der Waals surface area contributed by atoms with Gasteiger partial charge in [0.2, 0.25) is 11.8 Å². The molecule has 1 atom stereocenters. The summed E-state index contributed by atoms with van der Waals surface area (Å²) in [6.07, 6.45) is 1.68. The molecule has 1 aliphatic rings. The molecule has 7 heteroatoms. The van der Waals surface area contributed by atoms with Crippen LogP contribution in [0.3, 0.4) is 0 Å². The number of piperidine rings is 1. The number of anilines is 1. The highest BCUT2D eigenvalue weighted by Crippen LogP contribution is 2.20. The second-order valence-corrected chi connectivity index (χ2v) is 6.61. The van der Waals surface area contributed by atoms with Crippen LogP contribution in [0.25, 0.3) is 0 Å². The van der Waals surface area contributed by atoms with E-state index in [0.717, 1.165) is 25.1 Å². The number of hydrogen-bond donors (Lipinski definition) is 2. The maximum atomic E-state index is 12.2. The van der Waals surface area contributed by atoms with Crippen molar-refractivity contribution in [3.8, 4) is 0 Å². The topological polar surface area (TPSA) is 100 Å². The maximum Gasteiger partial charge on any atom is 0.238 e. The number of nitrogens with two attached hydrogens (primary N) is 1. The summed E-state index contributed by atoms with van der Waals surface area (Å²) >= 11 is 0. The van der Waals surface area contributed by atoms with Crippen molar-refractivity contribution in [1.82, 2.24) is 4.90 Å². The molecule has 7 nitrogen and oxygen atoms in total. The van der Waals surface area contributed by atoms with E-state index < -0.39 is 0 Å². The third kappa shape index (κ3) is 5.72. The van der Waals surface area contributed by atoms with Crippen molar-refractivity contribution in [1.29, 1.82) is 0 Å². The Morgan fingerprint density at radius 3 is 2.37 bits per heavy atom. The zero-order valence-electron chi connectivity index (χ0n) is 15.0. The Labute approximate surface area is 158 Å². The van der Waals surface area contributed by atoms with Crippen LogP contribution in [0, 0.1) is 5.92 Å². The summed E-state index contributed by atoms with van der Waals surface area (Å²) < 4.78 is 0. The van der Waals surface area contributed by atoms with E-state index in [0.29, 0.717) is 17.9 Å². The second kappa shape index (κ2) is 9.05. The molecule has 3 N–H and O–H groups in total. The fourth-order valence-electron chi connectivity index (χ4n) is 3.06. The highest BCUT2D eigenvalue weighted by molar-refractivity contribution is 5.92. The molecule has 0 radical (unpaired) electrons. The van der Waals surface area contributed by atoms with Crippen molar-refractivity contribution < 1.29 is 9.59 Å². The summed E-state index contributed by atoms with van der Waals surface area (Å²) in [6.45, 7) is 1.59. The number of primary amides is 1. The van der Waals surface area contributed by atoms with Gasteiger partial charge in [0.25, 0.3) is 0 Å². The van der Waals surface area contributed by atoms with E-state index in [1.807, 2.05) is 35.2 Å². The Morgan fingerprint density at radius 1 is 1.04 bits per heavy atom. The number of amides is 2. The van der Waals surface area contributed by atoms with E-state index in [4.69, 9.17) is 5.73 Å². The third-order valence-electron chi connectivity index (χ3n) is 4.46. The lowest BCUT2D eigenvalue weighted by molar-refractivity contribution is -0.125. The zero-order valence-corrected chi connectivity index (χ0v) is 15.0. The highest BCUT2D eigenvalue weighted by atomic mass is 16.2. The van der Waals surface area contributed by atoms with Gasteiger partial charge in [-0.3, -0.25) is 14.5 Å². The quantitative estimate of drug-likeness (QED) is 0.769. The molecule has 0 bridgehead atoms. The second-order valence-electron chi connectivity index (χ2n) is 6.61. The molecule has 140 valence electrons. The minimum atomic E-state index is -0.291. The van der Waals surface area contributed by atoms with E-state index in [1.54, 1.807) is 24.3 Å². The largest absolute Gasteiger partial charge is 0.369 e. The first-order chi connectivity index (χ1) is 13.1. The summed E-state index contributed by atoms with van der Waals surface area (Å²) in [5.41, 5.74) is 7.56. The number of nitrogens with zero attached hydrogens (tertiary/aromatic N) is 3. The van der Waals surface area contributed by atoms with Crippen molar-refractivity contribution in [2.24, 2.45) is 21.9 Å². The normalized spacial score (nSPS) is 17.7. The lowest BCUT2D eigenvalue weighted by Crippen LogP contribution is -2.44. The summed E-state index contributed by atoms with van der Waals surface area (Å²) in [5.74, 6) is -0.569. The van der Waals surface area contributed by atoms with E-state index in [-0.39, 0.29) is 24.3 Å². The van der Waals surface area contributed by atoms with Crippen LogP contribution in [0.4, 0.5) is 17.1 Å². The lowest BCUT2D eigenvalue weighted by atomic mass is 9.97. The van der Waals surface area contributed by atoms with Crippen molar-refractivity contribution >= 4 is 28.9 Å². The fraction of sp³-hybridized carbons (Fsp3) is 0.300. The van der Waals surface area contributed by atoms with Gasteiger partial charge in [0.05, 0.1) is 23.8 Å². The highest BCUT2D eigenvalue weighted by Gasteiger charge is 2.25. The van der Waals surface area contributed by atoms with E-state index in [9.17, 15) is 9.59 Å². The summed E-state index contributed by atoms with van der Waals surface area (Å²) in [5, 5.41) is 11.2. The molecule has 0 unspecified atom stereocenters. The fourth-order valence-corrected chi connectivity index (χ4v) is 3.06. The summed E-state index contributed by atoms with van der Waals surface area (Å²) in [4.78, 5) is 25.5. The van der Waals surface area contributed by atoms with Crippen LogP contribution in [-0.4, -0.2) is 36.3 Å². The number of nitrogens with one attached hydrogen (secondary N) is 1. The van der Waals surface area contributed by atoms with Crippen LogP contribution in [0.15, 0.2) is 64.8 Å². The Kier molecular flexibility index (Phi) is 6.27. The van der Waals surface area contributed by atoms with E-state index >= 15 is 0 Å². The average Bonchev–Trinajstić information content (AvgIpc) is 2.68. The minimum Gasteiger partial charge on any atom is -0.369 e. The van der Waals surface area contributed by atoms with Gasteiger partial charge in [0.1, 0.15) is 0 Å². The van der Waals surface area contributed by atoms with Gasteiger partial charge in [-0.05, 0) is 55.8 Å². The number of rotatable bonds is 6. The van der Waals surface area contributed by atoms with Crippen LogP contribution < -0.4 is 11.1 Å². The molecule has 2 aromatic rings. The molecular weight excluding hydrogens is 342 g/mol. The number of carbonyl (C=O) groups excluding carboxylic acids is 2. The van der Waals surface area contributed by atoms with Gasteiger partial charge in [-0.1, -0.05) is 18.2 Å². The van der Waals surface area contributed by atoms with Gasteiger partial charge in [-0.25, -0.2) is 0 Å². The van der Waals surface area contributed by atoms with Gasteiger partial charge in [-0.2, -0.15) is 10.2 Å². The Morgan fingerprint density at radius 2 is 1.70 bits per heavy atom. The molecule has 3 rings (SSSR count). The summed E-state index contributed by atoms with van der Waals surface area (Å²) in [7, 11) is 0. The Bertz CT molecular complexity index is 805. The van der Waals surface area contributed by atoms with E-state index in [1.165, 1.54) is 0 Å². The van der Waals surface area contributed by atoms with Crippen LogP contribution >= 0.6 is 0 Å². The van der Waals surface area contributed by atoms with Crippen molar-refractivity contribution in [3.05, 3.63) is 54.6 Å². The number of likely N-dealkylation sites (tertiary alicyclic amines) is 1. The smallest absolute Gasteiger partial charge is 0.238 e. The van der Waals surface area contributed by atoms with Crippen molar-refractivity contribution in [2.45, 2.75) is 12.8 Å². The molecule has 0 aromatic heterocycles. The van der Waals surface area contributed by atoms with Gasteiger partial charge in [0.15, 0.2) is 0 Å². The number of hydrogen-bond acceptors (Lipinski definition) is 5. The molecule has 1 aliphatic heterocycles. The Balaban J connectivity index is 1.51.